The summed E-state index contributed by atoms with van der Waals surface area (Å²) < 4.78 is 0. The summed E-state index contributed by atoms with van der Waals surface area (Å²) in [6.45, 7) is 6.81. The van der Waals surface area contributed by atoms with Crippen LogP contribution >= 0.6 is 0 Å². The van der Waals surface area contributed by atoms with E-state index < -0.39 is 0 Å². The molecule has 0 radical (unpaired) electrons. The van der Waals surface area contributed by atoms with E-state index >= 15 is 0 Å². The molecule has 2 N–H and O–H groups in total. The quantitative estimate of drug-likeness (QED) is 0.902. The molecular formula is C17H26N2. The highest BCUT2D eigenvalue weighted by molar-refractivity contribution is 5.28. The number of piperidine rings is 1. The molecule has 0 amide bonds. The first kappa shape index (κ1) is 13.1. The smallest absolute Gasteiger partial charge is 0.0174 e. The number of nitrogens with zero attached hydrogens (tertiary/aromatic N) is 1. The molecule has 1 saturated carbocycles. The molecule has 2 heteroatoms. The van der Waals surface area contributed by atoms with E-state index in [-0.39, 0.29) is 0 Å². The lowest BCUT2D eigenvalue weighted by Crippen LogP contribution is -2.47. The molecule has 1 aliphatic carbocycles. The van der Waals surface area contributed by atoms with Crippen LogP contribution in [-0.2, 0) is 0 Å². The molecule has 2 aliphatic rings. The third-order valence-electron chi connectivity index (χ3n) is 4.65. The Balaban J connectivity index is 1.72. The minimum absolute atomic E-state index is 0.351. The van der Waals surface area contributed by atoms with Crippen molar-refractivity contribution < 1.29 is 0 Å². The largest absolute Gasteiger partial charge is 0.327 e. The summed E-state index contributed by atoms with van der Waals surface area (Å²) in [4.78, 5) is 2.62. The van der Waals surface area contributed by atoms with Crippen molar-refractivity contribution in [3.8, 4) is 0 Å². The van der Waals surface area contributed by atoms with Gasteiger partial charge in [0.15, 0.2) is 0 Å². The second-order valence-corrected chi connectivity index (χ2v) is 6.70. The van der Waals surface area contributed by atoms with E-state index in [4.69, 9.17) is 5.73 Å². The van der Waals surface area contributed by atoms with Gasteiger partial charge in [-0.05, 0) is 42.2 Å². The predicted octanol–water partition coefficient (Wildman–Crippen LogP) is 3.09. The van der Waals surface area contributed by atoms with Crippen LogP contribution in [0.4, 0.5) is 0 Å². The highest BCUT2D eigenvalue weighted by Gasteiger charge is 2.35. The average Bonchev–Trinajstić information content (AvgIpc) is 3.22. The summed E-state index contributed by atoms with van der Waals surface area (Å²) in [6.07, 6.45) is 3.90. The molecular weight excluding hydrogens is 232 g/mol. The fraction of sp³-hybridized carbons (Fsp3) is 0.647. The van der Waals surface area contributed by atoms with E-state index in [9.17, 15) is 0 Å². The van der Waals surface area contributed by atoms with Gasteiger partial charge in [-0.2, -0.15) is 0 Å². The molecule has 2 unspecified atom stereocenters. The van der Waals surface area contributed by atoms with Crippen LogP contribution in [-0.4, -0.2) is 30.1 Å². The molecule has 2 atom stereocenters. The summed E-state index contributed by atoms with van der Waals surface area (Å²) >= 11 is 0. The second-order valence-electron chi connectivity index (χ2n) is 6.70. The van der Waals surface area contributed by atoms with Crippen molar-refractivity contribution >= 4 is 0 Å². The topological polar surface area (TPSA) is 29.3 Å². The Bertz CT molecular complexity index is 419. The van der Waals surface area contributed by atoms with Crippen LogP contribution < -0.4 is 5.73 Å². The third kappa shape index (κ3) is 3.01. The van der Waals surface area contributed by atoms with Gasteiger partial charge in [-0.15, -0.1) is 0 Å². The molecule has 1 aromatic rings. The van der Waals surface area contributed by atoms with Crippen LogP contribution in [0.2, 0.25) is 0 Å². The van der Waals surface area contributed by atoms with Crippen molar-refractivity contribution in [1.29, 1.82) is 0 Å². The molecule has 1 saturated heterocycles. The first-order valence-corrected chi connectivity index (χ1v) is 7.73. The standard InChI is InChI=1S/C17H26N2/c1-12(2)13-3-5-14(6-4-13)15-9-16(18)11-19(10-15)17-7-8-17/h3-6,12,15-17H,7-11,18H2,1-2H3. The molecule has 3 rings (SSSR count). The van der Waals surface area contributed by atoms with Gasteiger partial charge < -0.3 is 5.73 Å². The fourth-order valence-corrected chi connectivity index (χ4v) is 3.31. The Labute approximate surface area is 117 Å². The maximum absolute atomic E-state index is 6.25. The Morgan fingerprint density at radius 3 is 2.37 bits per heavy atom. The van der Waals surface area contributed by atoms with Gasteiger partial charge in [-0.1, -0.05) is 38.1 Å². The Kier molecular flexibility index (Phi) is 3.64. The SMILES string of the molecule is CC(C)c1ccc(C2CC(N)CN(C3CC3)C2)cc1. The molecule has 19 heavy (non-hydrogen) atoms. The minimum atomic E-state index is 0.351. The van der Waals surface area contributed by atoms with E-state index in [1.54, 1.807) is 0 Å². The molecule has 1 heterocycles. The second kappa shape index (κ2) is 5.26. The van der Waals surface area contributed by atoms with Gasteiger partial charge in [0.2, 0.25) is 0 Å². The van der Waals surface area contributed by atoms with Gasteiger partial charge in [0.05, 0.1) is 0 Å². The van der Waals surface area contributed by atoms with Crippen LogP contribution in [0.25, 0.3) is 0 Å². The highest BCUT2D eigenvalue weighted by atomic mass is 15.2. The summed E-state index contributed by atoms with van der Waals surface area (Å²) in [7, 11) is 0. The maximum atomic E-state index is 6.25. The number of likely N-dealkylation sites (tertiary alicyclic amines) is 1. The molecule has 0 bridgehead atoms. The van der Waals surface area contributed by atoms with Crippen LogP contribution in [0.15, 0.2) is 24.3 Å². The Morgan fingerprint density at radius 2 is 1.79 bits per heavy atom. The van der Waals surface area contributed by atoms with Crippen molar-refractivity contribution in [3.05, 3.63) is 35.4 Å². The lowest BCUT2D eigenvalue weighted by molar-refractivity contribution is 0.180. The lowest BCUT2D eigenvalue weighted by atomic mass is 9.87. The fourth-order valence-electron chi connectivity index (χ4n) is 3.31. The maximum Gasteiger partial charge on any atom is 0.0174 e. The molecule has 1 aromatic carbocycles. The number of benzene rings is 1. The van der Waals surface area contributed by atoms with Gasteiger partial charge in [-0.25, -0.2) is 0 Å². The average molecular weight is 258 g/mol. The van der Waals surface area contributed by atoms with E-state index in [0.29, 0.717) is 17.9 Å². The van der Waals surface area contributed by atoms with Gasteiger partial charge in [0.25, 0.3) is 0 Å². The van der Waals surface area contributed by atoms with Crippen LogP contribution in [0.5, 0.6) is 0 Å². The van der Waals surface area contributed by atoms with E-state index in [1.165, 1.54) is 30.5 Å². The number of rotatable bonds is 3. The van der Waals surface area contributed by atoms with Crippen molar-refractivity contribution in [2.45, 2.75) is 57.0 Å². The molecule has 2 fully saturated rings. The molecule has 0 aromatic heterocycles. The summed E-state index contributed by atoms with van der Waals surface area (Å²) in [5.41, 5.74) is 9.17. The molecule has 1 aliphatic heterocycles. The van der Waals surface area contributed by atoms with Gasteiger partial charge >= 0.3 is 0 Å². The molecule has 104 valence electrons. The third-order valence-corrected chi connectivity index (χ3v) is 4.65. The minimum Gasteiger partial charge on any atom is -0.327 e. The summed E-state index contributed by atoms with van der Waals surface area (Å²) in [5.74, 6) is 1.25. The highest BCUT2D eigenvalue weighted by Crippen LogP contribution is 2.34. The first-order chi connectivity index (χ1) is 9.13. The van der Waals surface area contributed by atoms with Crippen molar-refractivity contribution in [2.75, 3.05) is 13.1 Å². The van der Waals surface area contributed by atoms with E-state index in [2.05, 4.69) is 43.0 Å². The zero-order chi connectivity index (χ0) is 13.4. The zero-order valence-electron chi connectivity index (χ0n) is 12.2. The van der Waals surface area contributed by atoms with E-state index in [0.717, 1.165) is 19.0 Å². The van der Waals surface area contributed by atoms with Crippen LogP contribution in [0.1, 0.15) is 56.1 Å². The predicted molar refractivity (Wildman–Crippen MR) is 80.5 cm³/mol. The van der Waals surface area contributed by atoms with Crippen molar-refractivity contribution in [1.82, 2.24) is 4.90 Å². The van der Waals surface area contributed by atoms with E-state index in [1.807, 2.05) is 0 Å². The van der Waals surface area contributed by atoms with Gasteiger partial charge in [0.1, 0.15) is 0 Å². The number of hydrogen-bond acceptors (Lipinski definition) is 2. The zero-order valence-corrected chi connectivity index (χ0v) is 12.2. The number of nitrogens with two attached hydrogens (primary N) is 1. The first-order valence-electron chi connectivity index (χ1n) is 7.73. The van der Waals surface area contributed by atoms with Crippen LogP contribution in [0.3, 0.4) is 0 Å². The summed E-state index contributed by atoms with van der Waals surface area (Å²) in [5, 5.41) is 0. The summed E-state index contributed by atoms with van der Waals surface area (Å²) in [6, 6.07) is 10.4. The Morgan fingerprint density at radius 1 is 1.11 bits per heavy atom. The van der Waals surface area contributed by atoms with Gasteiger partial charge in [-0.3, -0.25) is 4.90 Å². The van der Waals surface area contributed by atoms with Crippen LogP contribution in [0, 0.1) is 0 Å². The molecule has 0 spiro atoms. The monoisotopic (exact) mass is 258 g/mol. The van der Waals surface area contributed by atoms with Gasteiger partial charge in [0, 0.05) is 25.2 Å². The normalized spacial score (nSPS) is 28.8. The lowest BCUT2D eigenvalue weighted by Gasteiger charge is -2.36. The Hall–Kier alpha value is -0.860. The molecule has 2 nitrogen and oxygen atoms in total. The number of hydrogen-bond donors (Lipinski definition) is 1. The van der Waals surface area contributed by atoms with Crippen molar-refractivity contribution in [2.24, 2.45) is 5.73 Å². The van der Waals surface area contributed by atoms with Crippen molar-refractivity contribution in [3.63, 3.8) is 0 Å².